The van der Waals surface area contributed by atoms with Gasteiger partial charge >= 0.3 is 0 Å². The summed E-state index contributed by atoms with van der Waals surface area (Å²) in [5.74, 6) is 1.89. The third-order valence-electron chi connectivity index (χ3n) is 5.93. The van der Waals surface area contributed by atoms with Gasteiger partial charge < -0.3 is 4.52 Å². The predicted molar refractivity (Wildman–Crippen MR) is 107 cm³/mol. The van der Waals surface area contributed by atoms with E-state index in [2.05, 4.69) is 41.3 Å². The summed E-state index contributed by atoms with van der Waals surface area (Å²) in [7, 11) is 0. The Morgan fingerprint density at radius 2 is 1.85 bits per heavy atom. The molecular formula is C23H23N3O. The monoisotopic (exact) mass is 357 g/mol. The Bertz CT molecular complexity index is 998. The average Bonchev–Trinajstić information content (AvgIpc) is 3.36. The number of benzene rings is 2. The maximum Gasteiger partial charge on any atom is 0.258 e. The van der Waals surface area contributed by atoms with Crippen LogP contribution in [0.5, 0.6) is 0 Å². The van der Waals surface area contributed by atoms with Crippen LogP contribution in [0.15, 0.2) is 52.0 Å². The first-order chi connectivity index (χ1) is 13.3. The van der Waals surface area contributed by atoms with Crippen LogP contribution in [-0.2, 0) is 0 Å². The van der Waals surface area contributed by atoms with E-state index in [1.165, 1.54) is 43.2 Å². The SMILES string of the molecule is Cc1ccccc1-c1noc(-c2ccc3c(c2)C=NC3C2CCCCC2)n1. The molecule has 2 aliphatic rings. The molecule has 1 saturated carbocycles. The summed E-state index contributed by atoms with van der Waals surface area (Å²) >= 11 is 0. The van der Waals surface area contributed by atoms with Crippen molar-refractivity contribution < 1.29 is 4.52 Å². The van der Waals surface area contributed by atoms with Gasteiger partial charge in [-0.3, -0.25) is 4.99 Å². The molecule has 0 amide bonds. The second-order valence-electron chi connectivity index (χ2n) is 7.70. The lowest BCUT2D eigenvalue weighted by Crippen LogP contribution is -2.13. The van der Waals surface area contributed by atoms with Gasteiger partial charge in [0.1, 0.15) is 0 Å². The number of hydrogen-bond acceptors (Lipinski definition) is 4. The van der Waals surface area contributed by atoms with Gasteiger partial charge in [0.05, 0.1) is 6.04 Å². The molecule has 27 heavy (non-hydrogen) atoms. The van der Waals surface area contributed by atoms with Crippen molar-refractivity contribution in [3.63, 3.8) is 0 Å². The van der Waals surface area contributed by atoms with Crippen LogP contribution in [0.4, 0.5) is 0 Å². The van der Waals surface area contributed by atoms with E-state index in [-0.39, 0.29) is 0 Å². The van der Waals surface area contributed by atoms with Crippen molar-refractivity contribution in [2.24, 2.45) is 10.9 Å². The van der Waals surface area contributed by atoms with Gasteiger partial charge in [-0.2, -0.15) is 4.98 Å². The number of rotatable bonds is 3. The third-order valence-corrected chi connectivity index (χ3v) is 5.93. The molecule has 0 bridgehead atoms. The second-order valence-corrected chi connectivity index (χ2v) is 7.70. The second kappa shape index (κ2) is 6.76. The fourth-order valence-corrected chi connectivity index (χ4v) is 4.43. The number of aromatic nitrogens is 2. The van der Waals surface area contributed by atoms with Crippen molar-refractivity contribution in [3.05, 3.63) is 59.2 Å². The molecule has 0 spiro atoms. The fraction of sp³-hybridized carbons (Fsp3) is 0.348. The number of fused-ring (bicyclic) bond motifs is 1. The highest BCUT2D eigenvalue weighted by Crippen LogP contribution is 2.41. The van der Waals surface area contributed by atoms with Gasteiger partial charge in [-0.25, -0.2) is 0 Å². The molecule has 1 fully saturated rings. The molecule has 1 aliphatic heterocycles. The summed E-state index contributed by atoms with van der Waals surface area (Å²) in [4.78, 5) is 9.46. The van der Waals surface area contributed by atoms with Crippen LogP contribution in [0.2, 0.25) is 0 Å². The van der Waals surface area contributed by atoms with E-state index in [0.717, 1.165) is 16.7 Å². The lowest BCUT2D eigenvalue weighted by atomic mass is 9.81. The van der Waals surface area contributed by atoms with Crippen molar-refractivity contribution in [1.82, 2.24) is 10.1 Å². The Hall–Kier alpha value is -2.75. The highest BCUT2D eigenvalue weighted by molar-refractivity contribution is 5.87. The third kappa shape index (κ3) is 2.99. The largest absolute Gasteiger partial charge is 0.334 e. The molecule has 0 radical (unpaired) electrons. The van der Waals surface area contributed by atoms with Crippen molar-refractivity contribution in [2.45, 2.75) is 45.1 Å². The van der Waals surface area contributed by atoms with Crippen LogP contribution in [0.3, 0.4) is 0 Å². The summed E-state index contributed by atoms with van der Waals surface area (Å²) in [6, 6.07) is 14.9. The zero-order valence-electron chi connectivity index (χ0n) is 15.6. The minimum Gasteiger partial charge on any atom is -0.334 e. The van der Waals surface area contributed by atoms with Gasteiger partial charge in [0.25, 0.3) is 5.89 Å². The van der Waals surface area contributed by atoms with E-state index in [0.29, 0.717) is 23.7 Å². The molecule has 4 heteroatoms. The van der Waals surface area contributed by atoms with Crippen LogP contribution >= 0.6 is 0 Å². The van der Waals surface area contributed by atoms with Gasteiger partial charge in [0.2, 0.25) is 5.82 Å². The van der Waals surface area contributed by atoms with E-state index in [1.54, 1.807) is 0 Å². The topological polar surface area (TPSA) is 51.3 Å². The summed E-state index contributed by atoms with van der Waals surface area (Å²) in [5.41, 5.74) is 5.65. The van der Waals surface area contributed by atoms with Crippen LogP contribution in [-0.4, -0.2) is 16.4 Å². The minimum atomic E-state index is 0.333. The van der Waals surface area contributed by atoms with Crippen LogP contribution in [0.1, 0.15) is 54.8 Å². The van der Waals surface area contributed by atoms with E-state index >= 15 is 0 Å². The first-order valence-corrected chi connectivity index (χ1v) is 9.87. The first-order valence-electron chi connectivity index (χ1n) is 9.87. The van der Waals surface area contributed by atoms with E-state index in [1.807, 2.05) is 24.4 Å². The van der Waals surface area contributed by atoms with E-state index < -0.39 is 0 Å². The minimum absolute atomic E-state index is 0.333. The van der Waals surface area contributed by atoms with Crippen LogP contribution in [0, 0.1) is 12.8 Å². The quantitative estimate of drug-likeness (QED) is 0.598. The lowest BCUT2D eigenvalue weighted by molar-refractivity contribution is 0.312. The normalized spacial score (nSPS) is 19.4. The summed E-state index contributed by atoms with van der Waals surface area (Å²) in [6.07, 6.45) is 8.68. The number of aliphatic imine (C=N–C) groups is 1. The van der Waals surface area contributed by atoms with Crippen molar-refractivity contribution >= 4 is 6.21 Å². The number of aryl methyl sites for hydroxylation is 1. The molecule has 1 aliphatic carbocycles. The number of nitrogens with zero attached hydrogens (tertiary/aromatic N) is 3. The molecule has 5 rings (SSSR count). The number of hydrogen-bond donors (Lipinski definition) is 0. The standard InChI is InChI=1S/C23H23N3O/c1-15-7-5-6-10-19(15)22-25-23(27-26-22)17-11-12-20-18(13-17)14-24-21(20)16-8-3-2-4-9-16/h5-7,10-14,16,21H,2-4,8-9H2,1H3. The lowest BCUT2D eigenvalue weighted by Gasteiger charge is -2.26. The highest BCUT2D eigenvalue weighted by Gasteiger charge is 2.29. The Morgan fingerprint density at radius 1 is 1.00 bits per heavy atom. The zero-order valence-corrected chi connectivity index (χ0v) is 15.6. The van der Waals surface area contributed by atoms with Crippen molar-refractivity contribution in [2.75, 3.05) is 0 Å². The summed E-state index contributed by atoms with van der Waals surface area (Å²) in [5, 5.41) is 4.19. The van der Waals surface area contributed by atoms with Gasteiger partial charge in [0.15, 0.2) is 0 Å². The molecule has 0 N–H and O–H groups in total. The molecule has 1 atom stereocenters. The molecule has 1 aromatic heterocycles. The molecule has 136 valence electrons. The Kier molecular flexibility index (Phi) is 4.12. The highest BCUT2D eigenvalue weighted by atomic mass is 16.5. The van der Waals surface area contributed by atoms with Crippen molar-refractivity contribution in [1.29, 1.82) is 0 Å². The molecule has 3 aromatic rings. The predicted octanol–water partition coefficient (Wildman–Crippen LogP) is 5.77. The summed E-state index contributed by atoms with van der Waals surface area (Å²) < 4.78 is 5.56. The van der Waals surface area contributed by atoms with Gasteiger partial charge in [-0.05, 0) is 54.5 Å². The Labute approximate surface area is 159 Å². The van der Waals surface area contributed by atoms with Gasteiger partial charge in [-0.1, -0.05) is 54.8 Å². The van der Waals surface area contributed by atoms with E-state index in [4.69, 9.17) is 9.52 Å². The molecule has 4 nitrogen and oxygen atoms in total. The summed E-state index contributed by atoms with van der Waals surface area (Å²) in [6.45, 7) is 2.06. The first kappa shape index (κ1) is 16.4. The molecule has 2 heterocycles. The maximum absolute atomic E-state index is 5.56. The molecule has 2 aromatic carbocycles. The maximum atomic E-state index is 5.56. The molecule has 1 unspecified atom stereocenters. The zero-order chi connectivity index (χ0) is 18.2. The van der Waals surface area contributed by atoms with Gasteiger partial charge in [-0.15, -0.1) is 0 Å². The Balaban J connectivity index is 1.43. The van der Waals surface area contributed by atoms with Crippen LogP contribution < -0.4 is 0 Å². The molecule has 0 saturated heterocycles. The van der Waals surface area contributed by atoms with Crippen molar-refractivity contribution in [3.8, 4) is 22.8 Å². The smallest absolute Gasteiger partial charge is 0.258 e. The fourth-order valence-electron chi connectivity index (χ4n) is 4.43. The van der Waals surface area contributed by atoms with Gasteiger partial charge in [0, 0.05) is 17.3 Å². The average molecular weight is 357 g/mol. The van der Waals surface area contributed by atoms with E-state index in [9.17, 15) is 0 Å². The molecular weight excluding hydrogens is 334 g/mol. The Morgan fingerprint density at radius 3 is 2.70 bits per heavy atom. The van der Waals surface area contributed by atoms with Crippen LogP contribution in [0.25, 0.3) is 22.8 Å².